The number of carbonyl (C=O) groups excluding carboxylic acids is 1. The van der Waals surface area contributed by atoms with Gasteiger partial charge < -0.3 is 15.4 Å². The fourth-order valence-electron chi connectivity index (χ4n) is 2.66. The summed E-state index contributed by atoms with van der Waals surface area (Å²) in [5, 5.41) is 6.26. The van der Waals surface area contributed by atoms with E-state index in [2.05, 4.69) is 15.6 Å². The van der Waals surface area contributed by atoms with Crippen LogP contribution in [0.3, 0.4) is 0 Å². The van der Waals surface area contributed by atoms with Crippen LogP contribution < -0.4 is 15.4 Å². The summed E-state index contributed by atoms with van der Waals surface area (Å²) >= 11 is 0. The van der Waals surface area contributed by atoms with Crippen molar-refractivity contribution in [3.8, 4) is 11.5 Å². The number of amides is 1. The maximum Gasteiger partial charge on any atom is 0.270 e. The van der Waals surface area contributed by atoms with Crippen molar-refractivity contribution < 1.29 is 9.53 Å². The minimum atomic E-state index is -0.158. The number of benzene rings is 1. The van der Waals surface area contributed by atoms with Gasteiger partial charge in [-0.1, -0.05) is 18.2 Å². The van der Waals surface area contributed by atoms with Crippen LogP contribution in [0.2, 0.25) is 0 Å². The smallest absolute Gasteiger partial charge is 0.270 e. The lowest BCUT2D eigenvalue weighted by atomic mass is 10.1. The third-order valence-corrected chi connectivity index (χ3v) is 3.94. The van der Waals surface area contributed by atoms with E-state index in [0.29, 0.717) is 23.9 Å². The molecule has 3 rings (SSSR count). The highest BCUT2D eigenvalue weighted by atomic mass is 16.5. The van der Waals surface area contributed by atoms with Crippen LogP contribution in [0.25, 0.3) is 0 Å². The molecule has 2 N–H and O–H groups in total. The Bertz CT molecular complexity index is 640. The van der Waals surface area contributed by atoms with Crippen LogP contribution >= 0.6 is 0 Å². The van der Waals surface area contributed by atoms with E-state index in [4.69, 9.17) is 4.74 Å². The normalized spacial score (nSPS) is 17.0. The average Bonchev–Trinajstić information content (AvgIpc) is 3.09. The zero-order chi connectivity index (χ0) is 15.9. The van der Waals surface area contributed by atoms with Crippen LogP contribution in [0.5, 0.6) is 11.5 Å². The van der Waals surface area contributed by atoms with Crippen LogP contribution in [-0.4, -0.2) is 30.5 Å². The third kappa shape index (κ3) is 4.53. The van der Waals surface area contributed by atoms with Crippen LogP contribution in [0.15, 0.2) is 48.7 Å². The molecule has 2 aromatic rings. The Balaban J connectivity index is 1.54. The van der Waals surface area contributed by atoms with Gasteiger partial charge in [0.05, 0.1) is 0 Å². The van der Waals surface area contributed by atoms with Crippen molar-refractivity contribution in [1.29, 1.82) is 0 Å². The fraction of sp³-hybridized carbons (Fsp3) is 0.333. The molecule has 120 valence electrons. The summed E-state index contributed by atoms with van der Waals surface area (Å²) in [6.07, 6.45) is 3.78. The van der Waals surface area contributed by atoms with Crippen molar-refractivity contribution in [3.05, 3.63) is 54.4 Å². The summed E-state index contributed by atoms with van der Waals surface area (Å²) < 4.78 is 5.73. The molecule has 0 radical (unpaired) electrons. The Morgan fingerprint density at radius 3 is 2.91 bits per heavy atom. The molecule has 1 fully saturated rings. The van der Waals surface area contributed by atoms with E-state index in [1.165, 1.54) is 6.42 Å². The van der Waals surface area contributed by atoms with Crippen molar-refractivity contribution in [3.63, 3.8) is 0 Å². The Morgan fingerprint density at radius 2 is 2.13 bits per heavy atom. The first kappa shape index (κ1) is 15.5. The number of pyridine rings is 1. The molecule has 0 bridgehead atoms. The molecule has 0 saturated carbocycles. The quantitative estimate of drug-likeness (QED) is 0.861. The van der Waals surface area contributed by atoms with Gasteiger partial charge in [0.2, 0.25) is 0 Å². The molecule has 1 aliphatic heterocycles. The molecule has 1 aliphatic rings. The number of hydrogen-bond donors (Lipinski definition) is 2. The highest BCUT2D eigenvalue weighted by Crippen LogP contribution is 2.20. The van der Waals surface area contributed by atoms with E-state index < -0.39 is 0 Å². The van der Waals surface area contributed by atoms with Crippen LogP contribution in [0, 0.1) is 5.92 Å². The van der Waals surface area contributed by atoms with E-state index in [0.717, 1.165) is 25.3 Å². The first-order chi connectivity index (χ1) is 11.3. The van der Waals surface area contributed by atoms with Gasteiger partial charge in [-0.15, -0.1) is 0 Å². The van der Waals surface area contributed by atoms with Crippen molar-refractivity contribution in [1.82, 2.24) is 15.6 Å². The molecular weight excluding hydrogens is 290 g/mol. The monoisotopic (exact) mass is 311 g/mol. The molecule has 5 nitrogen and oxygen atoms in total. The molecule has 1 unspecified atom stereocenters. The molecule has 1 aromatic carbocycles. The highest BCUT2D eigenvalue weighted by Gasteiger charge is 2.15. The Morgan fingerprint density at radius 1 is 1.26 bits per heavy atom. The molecule has 23 heavy (non-hydrogen) atoms. The van der Waals surface area contributed by atoms with E-state index in [9.17, 15) is 4.79 Å². The summed E-state index contributed by atoms with van der Waals surface area (Å²) in [7, 11) is 0. The maximum absolute atomic E-state index is 12.2. The van der Waals surface area contributed by atoms with E-state index >= 15 is 0 Å². The van der Waals surface area contributed by atoms with Crippen molar-refractivity contribution in [2.45, 2.75) is 12.8 Å². The summed E-state index contributed by atoms with van der Waals surface area (Å²) in [6.45, 7) is 2.81. The van der Waals surface area contributed by atoms with Gasteiger partial charge in [-0.25, -0.2) is 0 Å². The summed E-state index contributed by atoms with van der Waals surface area (Å²) in [6, 6.07) is 12.9. The van der Waals surface area contributed by atoms with E-state index in [1.54, 1.807) is 18.3 Å². The van der Waals surface area contributed by atoms with Crippen molar-refractivity contribution >= 4 is 5.91 Å². The number of para-hydroxylation sites is 1. The number of nitrogens with one attached hydrogen (secondary N) is 2. The lowest BCUT2D eigenvalue weighted by Crippen LogP contribution is -2.27. The molecule has 5 heteroatoms. The highest BCUT2D eigenvalue weighted by molar-refractivity contribution is 5.92. The summed E-state index contributed by atoms with van der Waals surface area (Å²) in [4.78, 5) is 16.3. The minimum absolute atomic E-state index is 0.158. The van der Waals surface area contributed by atoms with E-state index in [-0.39, 0.29) is 5.91 Å². The first-order valence-electron chi connectivity index (χ1n) is 7.99. The van der Waals surface area contributed by atoms with Gasteiger partial charge in [0.15, 0.2) is 0 Å². The largest absolute Gasteiger partial charge is 0.457 e. The van der Waals surface area contributed by atoms with Crippen LogP contribution in [0.1, 0.15) is 23.3 Å². The van der Waals surface area contributed by atoms with Crippen LogP contribution in [-0.2, 0) is 0 Å². The van der Waals surface area contributed by atoms with Gasteiger partial charge in [-0.05, 0) is 50.0 Å². The standard InChI is InChI=1S/C18H21N3O2/c22-18(21-10-7-14-6-9-19-13-14)17-12-16(8-11-20-17)23-15-4-2-1-3-5-15/h1-5,8,11-12,14,19H,6-7,9-10,13H2,(H,21,22). The first-order valence-corrected chi connectivity index (χ1v) is 7.99. The second-order valence-electron chi connectivity index (χ2n) is 5.70. The summed E-state index contributed by atoms with van der Waals surface area (Å²) in [5.74, 6) is 1.85. The molecule has 1 aromatic heterocycles. The topological polar surface area (TPSA) is 63.2 Å². The number of aromatic nitrogens is 1. The summed E-state index contributed by atoms with van der Waals surface area (Å²) in [5.41, 5.74) is 0.378. The maximum atomic E-state index is 12.2. The average molecular weight is 311 g/mol. The molecule has 1 atom stereocenters. The fourth-order valence-corrected chi connectivity index (χ4v) is 2.66. The lowest BCUT2D eigenvalue weighted by Gasteiger charge is -2.10. The number of rotatable bonds is 6. The lowest BCUT2D eigenvalue weighted by molar-refractivity contribution is 0.0946. The molecule has 0 aliphatic carbocycles. The minimum Gasteiger partial charge on any atom is -0.457 e. The van der Waals surface area contributed by atoms with Gasteiger partial charge in [0.1, 0.15) is 17.2 Å². The predicted molar refractivity (Wildman–Crippen MR) is 88.7 cm³/mol. The second-order valence-corrected chi connectivity index (χ2v) is 5.70. The molecule has 1 saturated heterocycles. The zero-order valence-corrected chi connectivity index (χ0v) is 13.0. The van der Waals surface area contributed by atoms with Gasteiger partial charge in [0, 0.05) is 18.8 Å². The molecular formula is C18H21N3O2. The number of carbonyl (C=O) groups is 1. The Hall–Kier alpha value is -2.40. The van der Waals surface area contributed by atoms with Gasteiger partial charge in [-0.2, -0.15) is 0 Å². The second kappa shape index (κ2) is 7.74. The number of ether oxygens (including phenoxy) is 1. The molecule has 1 amide bonds. The molecule has 2 heterocycles. The SMILES string of the molecule is O=C(NCCC1CCNC1)c1cc(Oc2ccccc2)ccn1. The number of hydrogen-bond acceptors (Lipinski definition) is 4. The predicted octanol–water partition coefficient (Wildman–Crippen LogP) is 2.60. The van der Waals surface area contributed by atoms with Gasteiger partial charge >= 0.3 is 0 Å². The van der Waals surface area contributed by atoms with Crippen molar-refractivity contribution in [2.24, 2.45) is 5.92 Å². The Labute approximate surface area is 136 Å². The van der Waals surface area contributed by atoms with Crippen molar-refractivity contribution in [2.75, 3.05) is 19.6 Å². The van der Waals surface area contributed by atoms with Gasteiger partial charge in [-0.3, -0.25) is 9.78 Å². The third-order valence-electron chi connectivity index (χ3n) is 3.94. The zero-order valence-electron chi connectivity index (χ0n) is 13.0. The van der Waals surface area contributed by atoms with Crippen LogP contribution in [0.4, 0.5) is 0 Å². The Kier molecular flexibility index (Phi) is 5.21. The van der Waals surface area contributed by atoms with E-state index in [1.807, 2.05) is 30.3 Å². The number of nitrogens with zero attached hydrogens (tertiary/aromatic N) is 1. The van der Waals surface area contributed by atoms with Gasteiger partial charge in [0.25, 0.3) is 5.91 Å². The molecule has 0 spiro atoms.